The second kappa shape index (κ2) is 8.80. The number of ether oxygens (including phenoxy) is 1. The van der Waals surface area contributed by atoms with Gasteiger partial charge in [-0.25, -0.2) is 9.37 Å². The monoisotopic (exact) mass is 365 g/mol. The Kier molecular flexibility index (Phi) is 5.99. The van der Waals surface area contributed by atoms with Gasteiger partial charge in [0.1, 0.15) is 17.4 Å². The van der Waals surface area contributed by atoms with Crippen LogP contribution in [0.3, 0.4) is 0 Å². The number of nitrogens with one attached hydrogen (secondary N) is 2. The van der Waals surface area contributed by atoms with E-state index < -0.39 is 0 Å². The predicted molar refractivity (Wildman–Crippen MR) is 103 cm³/mol. The Hall–Kier alpha value is -3.41. The van der Waals surface area contributed by atoms with Crippen molar-refractivity contribution >= 4 is 17.4 Å². The van der Waals surface area contributed by atoms with E-state index in [4.69, 9.17) is 4.74 Å². The highest BCUT2D eigenvalue weighted by Gasteiger charge is 2.07. The summed E-state index contributed by atoms with van der Waals surface area (Å²) in [6, 6.07) is 17.2. The third kappa shape index (κ3) is 5.04. The fourth-order valence-corrected chi connectivity index (χ4v) is 2.56. The molecular formula is C21H20FN3O2. The summed E-state index contributed by atoms with van der Waals surface area (Å²) in [6.45, 7) is 0.464. The number of anilines is 2. The van der Waals surface area contributed by atoms with Crippen LogP contribution in [-0.4, -0.2) is 24.5 Å². The third-order valence-corrected chi connectivity index (χ3v) is 4.01. The molecule has 0 saturated heterocycles. The van der Waals surface area contributed by atoms with Crippen LogP contribution < -0.4 is 15.4 Å². The molecule has 138 valence electrons. The van der Waals surface area contributed by atoms with E-state index in [1.54, 1.807) is 31.4 Å². The van der Waals surface area contributed by atoms with Crippen molar-refractivity contribution in [2.75, 3.05) is 19.0 Å². The number of nitrogens with zero attached hydrogens (tertiary/aromatic N) is 1. The first-order valence-electron chi connectivity index (χ1n) is 8.54. The molecule has 2 aromatic carbocycles. The zero-order valence-corrected chi connectivity index (χ0v) is 14.9. The summed E-state index contributed by atoms with van der Waals surface area (Å²) in [7, 11) is 1.60. The number of amides is 1. The second-order valence-corrected chi connectivity index (χ2v) is 5.89. The van der Waals surface area contributed by atoms with E-state index in [9.17, 15) is 9.18 Å². The van der Waals surface area contributed by atoms with Crippen molar-refractivity contribution in [3.63, 3.8) is 0 Å². The van der Waals surface area contributed by atoms with Crippen molar-refractivity contribution in [3.8, 4) is 5.75 Å². The normalized spacial score (nSPS) is 10.3. The van der Waals surface area contributed by atoms with E-state index in [0.29, 0.717) is 30.1 Å². The molecule has 1 heterocycles. The molecule has 6 heteroatoms. The number of rotatable bonds is 7. The van der Waals surface area contributed by atoms with Gasteiger partial charge in [0.25, 0.3) is 5.91 Å². The molecule has 0 unspecified atom stereocenters. The lowest BCUT2D eigenvalue weighted by Crippen LogP contribution is -2.25. The van der Waals surface area contributed by atoms with Crippen LogP contribution in [0.4, 0.5) is 15.9 Å². The Bertz CT molecular complexity index is 896. The maximum absolute atomic E-state index is 12.9. The average Bonchev–Trinajstić information content (AvgIpc) is 2.70. The van der Waals surface area contributed by atoms with E-state index in [2.05, 4.69) is 15.6 Å². The van der Waals surface area contributed by atoms with Gasteiger partial charge in [-0.2, -0.15) is 0 Å². The molecule has 3 rings (SSSR count). The van der Waals surface area contributed by atoms with Gasteiger partial charge >= 0.3 is 0 Å². The Balaban J connectivity index is 1.54. The molecule has 0 saturated carbocycles. The smallest absolute Gasteiger partial charge is 0.252 e. The highest BCUT2D eigenvalue weighted by molar-refractivity contribution is 5.94. The van der Waals surface area contributed by atoms with Gasteiger partial charge < -0.3 is 15.4 Å². The number of para-hydroxylation sites is 2. The quantitative estimate of drug-likeness (QED) is 0.666. The lowest BCUT2D eigenvalue weighted by Gasteiger charge is -2.10. The van der Waals surface area contributed by atoms with E-state index in [1.807, 2.05) is 24.3 Å². The predicted octanol–water partition coefficient (Wildman–Crippen LogP) is 3.95. The number of carbonyl (C=O) groups excluding carboxylic acids is 1. The summed E-state index contributed by atoms with van der Waals surface area (Å²) >= 11 is 0. The van der Waals surface area contributed by atoms with Crippen LogP contribution in [0, 0.1) is 5.82 Å². The molecule has 1 aromatic heterocycles. The summed E-state index contributed by atoms with van der Waals surface area (Å²) in [5.74, 6) is 0.855. The molecule has 0 spiro atoms. The Morgan fingerprint density at radius 1 is 1.07 bits per heavy atom. The molecule has 0 aliphatic rings. The molecule has 1 amide bonds. The SMILES string of the molecule is COc1ccccc1Nc1ccc(C(=O)NCCc2ccc(F)cc2)cn1. The van der Waals surface area contributed by atoms with Crippen LogP contribution in [0.1, 0.15) is 15.9 Å². The highest BCUT2D eigenvalue weighted by atomic mass is 19.1. The maximum atomic E-state index is 12.9. The zero-order valence-electron chi connectivity index (χ0n) is 14.9. The van der Waals surface area contributed by atoms with E-state index >= 15 is 0 Å². The van der Waals surface area contributed by atoms with E-state index in [-0.39, 0.29) is 11.7 Å². The topological polar surface area (TPSA) is 63.2 Å². The number of methoxy groups -OCH3 is 1. The Labute approximate surface area is 157 Å². The van der Waals surface area contributed by atoms with E-state index in [0.717, 1.165) is 11.3 Å². The van der Waals surface area contributed by atoms with Gasteiger partial charge in [-0.05, 0) is 48.4 Å². The molecule has 2 N–H and O–H groups in total. The third-order valence-electron chi connectivity index (χ3n) is 4.01. The van der Waals surface area contributed by atoms with Gasteiger partial charge in [0, 0.05) is 12.7 Å². The van der Waals surface area contributed by atoms with Gasteiger partial charge in [0.05, 0.1) is 18.4 Å². The van der Waals surface area contributed by atoms with Crippen molar-refractivity contribution in [2.24, 2.45) is 0 Å². The minimum Gasteiger partial charge on any atom is -0.495 e. The van der Waals surface area contributed by atoms with Crippen LogP contribution in [0.5, 0.6) is 5.75 Å². The molecule has 0 bridgehead atoms. The first-order valence-corrected chi connectivity index (χ1v) is 8.54. The molecule has 5 nitrogen and oxygen atoms in total. The summed E-state index contributed by atoms with van der Waals surface area (Å²) in [5.41, 5.74) is 2.23. The number of benzene rings is 2. The summed E-state index contributed by atoms with van der Waals surface area (Å²) in [6.07, 6.45) is 2.15. The summed E-state index contributed by atoms with van der Waals surface area (Å²) < 4.78 is 18.2. The van der Waals surface area contributed by atoms with Gasteiger partial charge in [-0.3, -0.25) is 4.79 Å². The minimum absolute atomic E-state index is 0.201. The fraction of sp³-hybridized carbons (Fsp3) is 0.143. The van der Waals surface area contributed by atoms with Crippen molar-refractivity contribution in [1.82, 2.24) is 10.3 Å². The van der Waals surface area contributed by atoms with Crippen molar-refractivity contribution < 1.29 is 13.9 Å². The van der Waals surface area contributed by atoms with Gasteiger partial charge in [0.2, 0.25) is 0 Å². The molecule has 0 aliphatic heterocycles. The van der Waals surface area contributed by atoms with Crippen molar-refractivity contribution in [3.05, 3.63) is 83.8 Å². The fourth-order valence-electron chi connectivity index (χ4n) is 2.56. The Morgan fingerprint density at radius 3 is 2.56 bits per heavy atom. The molecule has 0 fully saturated rings. The Morgan fingerprint density at radius 2 is 1.85 bits per heavy atom. The molecule has 27 heavy (non-hydrogen) atoms. The zero-order chi connectivity index (χ0) is 19.1. The highest BCUT2D eigenvalue weighted by Crippen LogP contribution is 2.26. The lowest BCUT2D eigenvalue weighted by molar-refractivity contribution is 0.0954. The minimum atomic E-state index is -0.268. The lowest BCUT2D eigenvalue weighted by atomic mass is 10.1. The molecule has 0 aliphatic carbocycles. The van der Waals surface area contributed by atoms with Crippen LogP contribution in [-0.2, 0) is 6.42 Å². The second-order valence-electron chi connectivity index (χ2n) is 5.89. The van der Waals surface area contributed by atoms with Crippen LogP contribution in [0.25, 0.3) is 0 Å². The average molecular weight is 365 g/mol. The van der Waals surface area contributed by atoms with Gasteiger partial charge in [-0.1, -0.05) is 24.3 Å². The number of pyridine rings is 1. The first-order chi connectivity index (χ1) is 13.2. The van der Waals surface area contributed by atoms with Crippen molar-refractivity contribution in [2.45, 2.75) is 6.42 Å². The van der Waals surface area contributed by atoms with Gasteiger partial charge in [0.15, 0.2) is 0 Å². The summed E-state index contributed by atoms with van der Waals surface area (Å²) in [4.78, 5) is 16.5. The van der Waals surface area contributed by atoms with Crippen LogP contribution in [0.2, 0.25) is 0 Å². The number of hydrogen-bond acceptors (Lipinski definition) is 4. The largest absolute Gasteiger partial charge is 0.495 e. The number of carbonyl (C=O) groups is 1. The maximum Gasteiger partial charge on any atom is 0.252 e. The number of halogens is 1. The van der Waals surface area contributed by atoms with Crippen LogP contribution in [0.15, 0.2) is 66.9 Å². The number of aromatic nitrogens is 1. The molecule has 0 radical (unpaired) electrons. The van der Waals surface area contributed by atoms with Gasteiger partial charge in [-0.15, -0.1) is 0 Å². The first kappa shape index (κ1) is 18.4. The molecule has 3 aromatic rings. The summed E-state index contributed by atoms with van der Waals surface area (Å²) in [5, 5.41) is 6.00. The molecule has 0 atom stereocenters. The van der Waals surface area contributed by atoms with Crippen molar-refractivity contribution in [1.29, 1.82) is 0 Å². The standard InChI is InChI=1S/C21H20FN3O2/c1-27-19-5-3-2-4-18(19)25-20-11-8-16(14-24-20)21(26)23-13-12-15-6-9-17(22)10-7-15/h2-11,14H,12-13H2,1H3,(H,23,26)(H,24,25). The van der Waals surface area contributed by atoms with Crippen LogP contribution >= 0.6 is 0 Å². The number of hydrogen-bond donors (Lipinski definition) is 2. The van der Waals surface area contributed by atoms with E-state index in [1.165, 1.54) is 18.3 Å². The molecular weight excluding hydrogens is 345 g/mol.